The number of aromatic nitrogens is 1. The highest BCUT2D eigenvalue weighted by Crippen LogP contribution is 2.46. The van der Waals surface area contributed by atoms with Crippen molar-refractivity contribution in [1.29, 1.82) is 0 Å². The molecular formula is C16H25NOS. The Kier molecular flexibility index (Phi) is 3.46. The Morgan fingerprint density at radius 2 is 2.11 bits per heavy atom. The Morgan fingerprint density at radius 3 is 2.84 bits per heavy atom. The summed E-state index contributed by atoms with van der Waals surface area (Å²) in [4.78, 5) is 6.07. The first kappa shape index (κ1) is 13.6. The first-order valence-electron chi connectivity index (χ1n) is 7.62. The Hall–Kier alpha value is -0.410. The number of aliphatic hydroxyl groups is 1. The molecule has 0 aliphatic heterocycles. The predicted octanol–water partition coefficient (Wildman–Crippen LogP) is 4.44. The molecule has 0 amide bonds. The van der Waals surface area contributed by atoms with Crippen LogP contribution in [0.5, 0.6) is 0 Å². The minimum atomic E-state index is -0.286. The molecule has 1 N–H and O–H groups in total. The van der Waals surface area contributed by atoms with E-state index < -0.39 is 0 Å². The van der Waals surface area contributed by atoms with Crippen LogP contribution in [-0.4, -0.2) is 10.1 Å². The molecule has 19 heavy (non-hydrogen) atoms. The van der Waals surface area contributed by atoms with Gasteiger partial charge in [0.2, 0.25) is 0 Å². The number of aliphatic hydroxyl groups excluding tert-OH is 1. The van der Waals surface area contributed by atoms with Crippen LogP contribution < -0.4 is 0 Å². The van der Waals surface area contributed by atoms with Crippen molar-refractivity contribution >= 4 is 11.3 Å². The van der Waals surface area contributed by atoms with Gasteiger partial charge < -0.3 is 5.11 Å². The van der Waals surface area contributed by atoms with E-state index in [9.17, 15) is 5.11 Å². The zero-order valence-corrected chi connectivity index (χ0v) is 13.1. The fourth-order valence-corrected chi connectivity index (χ4v) is 4.96. The highest BCUT2D eigenvalue weighted by atomic mass is 32.1. The van der Waals surface area contributed by atoms with Crippen molar-refractivity contribution in [2.24, 2.45) is 11.3 Å². The predicted molar refractivity (Wildman–Crippen MR) is 79.5 cm³/mol. The minimum absolute atomic E-state index is 0.192. The average Bonchev–Trinajstić information content (AvgIpc) is 2.71. The molecule has 1 saturated carbocycles. The van der Waals surface area contributed by atoms with Crippen molar-refractivity contribution in [1.82, 2.24) is 4.98 Å². The van der Waals surface area contributed by atoms with Gasteiger partial charge in [0.25, 0.3) is 0 Å². The summed E-state index contributed by atoms with van der Waals surface area (Å²) in [6, 6.07) is 0. The molecular weight excluding hydrogens is 254 g/mol. The van der Waals surface area contributed by atoms with Crippen LogP contribution in [0, 0.1) is 11.3 Å². The molecule has 1 fully saturated rings. The summed E-state index contributed by atoms with van der Waals surface area (Å²) in [5, 5.41) is 11.6. The van der Waals surface area contributed by atoms with Gasteiger partial charge in [-0.05, 0) is 37.0 Å². The Balaban J connectivity index is 1.86. The van der Waals surface area contributed by atoms with E-state index in [0.717, 1.165) is 23.6 Å². The van der Waals surface area contributed by atoms with Crippen LogP contribution in [0.3, 0.4) is 0 Å². The zero-order valence-electron chi connectivity index (χ0n) is 12.3. The summed E-state index contributed by atoms with van der Waals surface area (Å²) in [5.74, 6) is 1.48. The smallest absolute Gasteiger partial charge is 0.0963 e. The Bertz CT molecular complexity index is 465. The first-order valence-corrected chi connectivity index (χ1v) is 8.44. The molecule has 2 nitrogen and oxygen atoms in total. The van der Waals surface area contributed by atoms with Crippen molar-refractivity contribution in [3.05, 3.63) is 15.6 Å². The fraction of sp³-hybridized carbons (Fsp3) is 0.812. The minimum Gasteiger partial charge on any atom is -0.387 e. The fourth-order valence-electron chi connectivity index (χ4n) is 3.74. The maximum atomic E-state index is 10.3. The van der Waals surface area contributed by atoms with E-state index >= 15 is 0 Å². The maximum absolute atomic E-state index is 10.3. The van der Waals surface area contributed by atoms with Crippen LogP contribution in [0.1, 0.15) is 80.5 Å². The second-order valence-electron chi connectivity index (χ2n) is 7.39. The van der Waals surface area contributed by atoms with Crippen LogP contribution in [0.15, 0.2) is 0 Å². The summed E-state index contributed by atoms with van der Waals surface area (Å²) in [6.45, 7) is 6.83. The average molecular weight is 279 g/mol. The number of thiazole rings is 1. The molecule has 1 heterocycles. The number of nitrogens with zero attached hydrogens (tertiary/aromatic N) is 1. The van der Waals surface area contributed by atoms with Crippen LogP contribution in [0.4, 0.5) is 0 Å². The van der Waals surface area contributed by atoms with E-state index in [-0.39, 0.29) is 11.5 Å². The largest absolute Gasteiger partial charge is 0.387 e. The number of rotatable bonds is 1. The van der Waals surface area contributed by atoms with Gasteiger partial charge in [-0.2, -0.15) is 0 Å². The number of hydrogen-bond donors (Lipinski definition) is 1. The van der Waals surface area contributed by atoms with Crippen molar-refractivity contribution in [3.63, 3.8) is 0 Å². The first-order chi connectivity index (χ1) is 8.94. The molecule has 106 valence electrons. The molecule has 0 spiro atoms. The van der Waals surface area contributed by atoms with Crippen LogP contribution in [0.25, 0.3) is 0 Å². The van der Waals surface area contributed by atoms with Gasteiger partial charge in [0, 0.05) is 5.92 Å². The topological polar surface area (TPSA) is 33.1 Å². The third-order valence-electron chi connectivity index (χ3n) is 4.72. The monoisotopic (exact) mass is 279 g/mol. The van der Waals surface area contributed by atoms with Gasteiger partial charge in [-0.25, -0.2) is 4.98 Å². The number of fused-ring (bicyclic) bond motifs is 1. The molecule has 3 rings (SSSR count). The number of hydrogen-bond acceptors (Lipinski definition) is 3. The van der Waals surface area contributed by atoms with Gasteiger partial charge in [-0.15, -0.1) is 11.3 Å². The lowest BCUT2D eigenvalue weighted by Gasteiger charge is -2.31. The standard InChI is InChI=1S/C16H25NOS/c1-10-5-4-6-11(7-10)15-17-12-8-16(2,3)9-13(18)14(12)19-15/h10-11,13,18H,4-9H2,1-3H3. The van der Waals surface area contributed by atoms with Crippen LogP contribution in [0.2, 0.25) is 0 Å². The lowest BCUT2D eigenvalue weighted by molar-refractivity contribution is 0.102. The second kappa shape index (κ2) is 4.85. The lowest BCUT2D eigenvalue weighted by atomic mass is 9.77. The SMILES string of the molecule is CC1CCCC(c2nc3c(s2)C(O)CC(C)(C)C3)C1. The van der Waals surface area contributed by atoms with E-state index in [1.165, 1.54) is 36.4 Å². The molecule has 3 heteroatoms. The van der Waals surface area contributed by atoms with Crippen molar-refractivity contribution in [2.75, 3.05) is 0 Å². The van der Waals surface area contributed by atoms with E-state index in [2.05, 4.69) is 20.8 Å². The van der Waals surface area contributed by atoms with Crippen molar-refractivity contribution < 1.29 is 5.11 Å². The molecule has 2 aliphatic rings. The summed E-state index contributed by atoms with van der Waals surface area (Å²) in [5.41, 5.74) is 1.37. The summed E-state index contributed by atoms with van der Waals surface area (Å²) < 4.78 is 0. The summed E-state index contributed by atoms with van der Waals surface area (Å²) >= 11 is 1.79. The summed E-state index contributed by atoms with van der Waals surface area (Å²) in [7, 11) is 0. The zero-order chi connectivity index (χ0) is 13.6. The highest BCUT2D eigenvalue weighted by Gasteiger charge is 2.35. The molecule has 0 bridgehead atoms. The van der Waals surface area contributed by atoms with E-state index in [1.54, 1.807) is 11.3 Å². The van der Waals surface area contributed by atoms with Gasteiger partial charge in [-0.1, -0.05) is 33.6 Å². The lowest BCUT2D eigenvalue weighted by Crippen LogP contribution is -2.24. The van der Waals surface area contributed by atoms with Gasteiger partial charge in [0.05, 0.1) is 21.7 Å². The Labute approximate surface area is 120 Å². The Morgan fingerprint density at radius 1 is 1.32 bits per heavy atom. The molecule has 3 atom stereocenters. The molecule has 3 unspecified atom stereocenters. The van der Waals surface area contributed by atoms with E-state index in [1.807, 2.05) is 0 Å². The summed E-state index contributed by atoms with van der Waals surface area (Å²) in [6.07, 6.45) is 6.90. The van der Waals surface area contributed by atoms with Crippen molar-refractivity contribution in [2.45, 2.75) is 71.3 Å². The van der Waals surface area contributed by atoms with Gasteiger partial charge >= 0.3 is 0 Å². The maximum Gasteiger partial charge on any atom is 0.0963 e. The van der Waals surface area contributed by atoms with Crippen LogP contribution in [-0.2, 0) is 6.42 Å². The molecule has 1 aromatic heterocycles. The quantitative estimate of drug-likeness (QED) is 0.824. The molecule has 1 aromatic rings. The third kappa shape index (κ3) is 2.73. The molecule has 2 aliphatic carbocycles. The van der Waals surface area contributed by atoms with Gasteiger partial charge in [-0.3, -0.25) is 0 Å². The van der Waals surface area contributed by atoms with Crippen molar-refractivity contribution in [3.8, 4) is 0 Å². The van der Waals surface area contributed by atoms with Gasteiger partial charge in [0.15, 0.2) is 0 Å². The molecule has 0 aromatic carbocycles. The normalized spacial score (nSPS) is 34.0. The molecule has 0 saturated heterocycles. The van der Waals surface area contributed by atoms with E-state index in [0.29, 0.717) is 5.92 Å². The highest BCUT2D eigenvalue weighted by molar-refractivity contribution is 7.11. The van der Waals surface area contributed by atoms with E-state index in [4.69, 9.17) is 4.98 Å². The molecule has 0 radical (unpaired) electrons. The third-order valence-corrected chi connectivity index (χ3v) is 6.09. The van der Waals surface area contributed by atoms with Crippen LogP contribution >= 0.6 is 11.3 Å². The van der Waals surface area contributed by atoms with Gasteiger partial charge in [0.1, 0.15) is 0 Å². The second-order valence-corrected chi connectivity index (χ2v) is 8.45.